The van der Waals surface area contributed by atoms with Crippen molar-refractivity contribution >= 4 is 5.91 Å². The number of alkyl halides is 3. The first kappa shape index (κ1) is 17.4. The molecule has 0 aromatic rings. The summed E-state index contributed by atoms with van der Waals surface area (Å²) in [6.45, 7) is 7.96. The van der Waals surface area contributed by atoms with Gasteiger partial charge < -0.3 is 5.32 Å². The molecule has 22 heavy (non-hydrogen) atoms. The van der Waals surface area contributed by atoms with Gasteiger partial charge in [-0.05, 0) is 38.0 Å². The van der Waals surface area contributed by atoms with Gasteiger partial charge in [0.05, 0.1) is 11.8 Å². The minimum Gasteiger partial charge on any atom is -0.352 e. The zero-order valence-corrected chi connectivity index (χ0v) is 13.8. The van der Waals surface area contributed by atoms with E-state index in [1.807, 2.05) is 27.7 Å². The average Bonchev–Trinajstić information content (AvgIpc) is 2.89. The number of hydrogen-bond donors (Lipinski definition) is 1. The second-order valence-electron chi connectivity index (χ2n) is 7.62. The SMILES string of the molecule is CC(C)=C[C@@H]1[C@H](C(=O)N[C@H]2CCCC[C@@H]2C(F)(F)F)C1(C)C. The summed E-state index contributed by atoms with van der Waals surface area (Å²) in [7, 11) is 0. The molecule has 2 fully saturated rings. The van der Waals surface area contributed by atoms with Gasteiger partial charge in [-0.1, -0.05) is 38.3 Å². The van der Waals surface area contributed by atoms with Gasteiger partial charge in [-0.25, -0.2) is 0 Å². The lowest BCUT2D eigenvalue weighted by atomic mass is 9.84. The minimum atomic E-state index is -4.23. The van der Waals surface area contributed by atoms with E-state index in [9.17, 15) is 18.0 Å². The number of amides is 1. The molecule has 0 radical (unpaired) electrons. The van der Waals surface area contributed by atoms with Crippen molar-refractivity contribution in [3.05, 3.63) is 11.6 Å². The molecule has 126 valence electrons. The number of nitrogens with one attached hydrogen (secondary N) is 1. The van der Waals surface area contributed by atoms with Crippen molar-refractivity contribution < 1.29 is 18.0 Å². The summed E-state index contributed by atoms with van der Waals surface area (Å²) < 4.78 is 39.3. The van der Waals surface area contributed by atoms with Crippen molar-refractivity contribution in [1.82, 2.24) is 5.32 Å². The first-order valence-corrected chi connectivity index (χ1v) is 8.07. The fourth-order valence-electron chi connectivity index (χ4n) is 3.82. The van der Waals surface area contributed by atoms with Crippen molar-refractivity contribution in [1.29, 1.82) is 0 Å². The molecular weight excluding hydrogens is 291 g/mol. The smallest absolute Gasteiger partial charge is 0.352 e. The quantitative estimate of drug-likeness (QED) is 0.765. The zero-order chi connectivity index (χ0) is 16.7. The van der Waals surface area contributed by atoms with Gasteiger partial charge in [0.15, 0.2) is 0 Å². The molecule has 0 spiro atoms. The normalized spacial score (nSPS) is 34.0. The third-order valence-electron chi connectivity index (χ3n) is 5.22. The Balaban J connectivity index is 2.04. The van der Waals surface area contributed by atoms with Crippen molar-refractivity contribution in [2.24, 2.45) is 23.2 Å². The molecule has 1 amide bonds. The summed E-state index contributed by atoms with van der Waals surface area (Å²) in [4.78, 5) is 12.4. The lowest BCUT2D eigenvalue weighted by Crippen LogP contribution is -2.48. The summed E-state index contributed by atoms with van der Waals surface area (Å²) in [6.07, 6.45) is -0.270. The molecule has 1 N–H and O–H groups in total. The van der Waals surface area contributed by atoms with E-state index in [2.05, 4.69) is 11.4 Å². The molecule has 0 aliphatic heterocycles. The van der Waals surface area contributed by atoms with Gasteiger partial charge in [0, 0.05) is 6.04 Å². The van der Waals surface area contributed by atoms with Crippen LogP contribution < -0.4 is 5.32 Å². The van der Waals surface area contributed by atoms with E-state index in [1.54, 1.807) is 0 Å². The molecule has 2 aliphatic rings. The Bertz CT molecular complexity index is 463. The molecule has 0 aromatic carbocycles. The molecule has 0 saturated heterocycles. The highest BCUT2D eigenvalue weighted by molar-refractivity contribution is 5.84. The number of carbonyl (C=O) groups excluding carboxylic acids is 1. The van der Waals surface area contributed by atoms with Crippen LogP contribution in [-0.4, -0.2) is 18.1 Å². The van der Waals surface area contributed by atoms with E-state index in [0.29, 0.717) is 12.8 Å². The van der Waals surface area contributed by atoms with Gasteiger partial charge in [-0.2, -0.15) is 13.2 Å². The average molecular weight is 317 g/mol. The van der Waals surface area contributed by atoms with Crippen molar-refractivity contribution in [2.75, 3.05) is 0 Å². The molecule has 0 heterocycles. The molecule has 0 bridgehead atoms. The van der Waals surface area contributed by atoms with Gasteiger partial charge in [-0.15, -0.1) is 0 Å². The second kappa shape index (κ2) is 5.89. The van der Waals surface area contributed by atoms with Crippen LogP contribution in [0.25, 0.3) is 0 Å². The number of rotatable bonds is 3. The van der Waals surface area contributed by atoms with Crippen LogP contribution in [0.3, 0.4) is 0 Å². The Morgan fingerprint density at radius 1 is 1.18 bits per heavy atom. The summed E-state index contributed by atoms with van der Waals surface area (Å²) in [5.41, 5.74) is 0.975. The molecule has 4 atom stereocenters. The third kappa shape index (κ3) is 3.49. The molecule has 2 aliphatic carbocycles. The van der Waals surface area contributed by atoms with E-state index in [-0.39, 0.29) is 29.6 Å². The maximum absolute atomic E-state index is 13.1. The standard InChI is InChI=1S/C17H26F3NO/c1-10(2)9-12-14(16(12,3)4)15(22)21-13-8-6-5-7-11(13)17(18,19)20/h9,11-14H,5-8H2,1-4H3,(H,21,22)/t11-,12+,13-,14+/m0/s1. The van der Waals surface area contributed by atoms with E-state index >= 15 is 0 Å². The molecule has 2 rings (SSSR count). The summed E-state index contributed by atoms with van der Waals surface area (Å²) in [6, 6.07) is -0.759. The van der Waals surface area contributed by atoms with Crippen LogP contribution in [0.2, 0.25) is 0 Å². The van der Waals surface area contributed by atoms with E-state index in [0.717, 1.165) is 12.0 Å². The fourth-order valence-corrected chi connectivity index (χ4v) is 3.82. The van der Waals surface area contributed by atoms with E-state index in [4.69, 9.17) is 0 Å². The second-order valence-corrected chi connectivity index (χ2v) is 7.62. The predicted octanol–water partition coefficient (Wildman–Crippen LogP) is 4.46. The predicted molar refractivity (Wildman–Crippen MR) is 80.1 cm³/mol. The lowest BCUT2D eigenvalue weighted by Gasteiger charge is -2.33. The van der Waals surface area contributed by atoms with Crippen molar-refractivity contribution in [3.8, 4) is 0 Å². The monoisotopic (exact) mass is 317 g/mol. The first-order chi connectivity index (χ1) is 10.0. The number of halogens is 3. The van der Waals surface area contributed by atoms with E-state index < -0.39 is 18.1 Å². The number of hydrogen-bond acceptors (Lipinski definition) is 1. The van der Waals surface area contributed by atoms with E-state index in [1.165, 1.54) is 0 Å². The van der Waals surface area contributed by atoms with Gasteiger partial charge in [-0.3, -0.25) is 4.79 Å². The largest absolute Gasteiger partial charge is 0.393 e. The van der Waals surface area contributed by atoms with Crippen LogP contribution >= 0.6 is 0 Å². The highest BCUT2D eigenvalue weighted by Gasteiger charge is 2.61. The third-order valence-corrected chi connectivity index (χ3v) is 5.22. The first-order valence-electron chi connectivity index (χ1n) is 8.07. The molecule has 0 aromatic heterocycles. The van der Waals surface area contributed by atoms with Gasteiger partial charge >= 0.3 is 6.18 Å². The van der Waals surface area contributed by atoms with Crippen LogP contribution in [0.1, 0.15) is 53.4 Å². The van der Waals surface area contributed by atoms with Crippen LogP contribution in [0.15, 0.2) is 11.6 Å². The highest BCUT2D eigenvalue weighted by atomic mass is 19.4. The van der Waals surface area contributed by atoms with Crippen LogP contribution in [-0.2, 0) is 4.79 Å². The summed E-state index contributed by atoms with van der Waals surface area (Å²) in [5.74, 6) is -1.69. The molecule has 0 unspecified atom stereocenters. The Kier molecular flexibility index (Phi) is 4.65. The van der Waals surface area contributed by atoms with Gasteiger partial charge in [0.1, 0.15) is 0 Å². The van der Waals surface area contributed by atoms with Gasteiger partial charge in [0.25, 0.3) is 0 Å². The van der Waals surface area contributed by atoms with Crippen LogP contribution in [0.5, 0.6) is 0 Å². The maximum Gasteiger partial charge on any atom is 0.393 e. The Labute approximate surface area is 130 Å². The molecule has 5 heteroatoms. The Hall–Kier alpha value is -1.00. The molecule has 2 saturated carbocycles. The van der Waals surface area contributed by atoms with Gasteiger partial charge in [0.2, 0.25) is 5.91 Å². The fraction of sp³-hybridized carbons (Fsp3) is 0.824. The molecule has 2 nitrogen and oxygen atoms in total. The molecular formula is C17H26F3NO. The zero-order valence-electron chi connectivity index (χ0n) is 13.8. The topological polar surface area (TPSA) is 29.1 Å². The summed E-state index contributed by atoms with van der Waals surface area (Å²) in [5, 5.41) is 2.71. The minimum absolute atomic E-state index is 0.125. The lowest BCUT2D eigenvalue weighted by molar-refractivity contribution is -0.189. The number of carbonyl (C=O) groups is 1. The van der Waals surface area contributed by atoms with Crippen molar-refractivity contribution in [3.63, 3.8) is 0 Å². The highest BCUT2D eigenvalue weighted by Crippen LogP contribution is 2.59. The maximum atomic E-state index is 13.1. The summed E-state index contributed by atoms with van der Waals surface area (Å²) >= 11 is 0. The Morgan fingerprint density at radius 3 is 2.32 bits per heavy atom. The van der Waals surface area contributed by atoms with Crippen LogP contribution in [0.4, 0.5) is 13.2 Å². The van der Waals surface area contributed by atoms with Crippen molar-refractivity contribution in [2.45, 2.75) is 65.6 Å². The Morgan fingerprint density at radius 2 is 1.77 bits per heavy atom. The van der Waals surface area contributed by atoms with Crippen LogP contribution in [0, 0.1) is 23.2 Å². The number of allylic oxidation sites excluding steroid dienone is 2.